The minimum atomic E-state index is 0.197. The molecule has 0 spiro atoms. The molecular formula is C11H14ClN3O. The average molecular weight is 240 g/mol. The monoisotopic (exact) mass is 239 g/mol. The SMILES string of the molecule is CNC(C)Cc1nc(Cl)c2cc(O)ccn12. The van der Waals surface area contributed by atoms with Crippen molar-refractivity contribution in [1.29, 1.82) is 0 Å². The number of likely N-dealkylation sites (N-methyl/N-ethyl adjacent to an activating group) is 1. The van der Waals surface area contributed by atoms with E-state index in [1.54, 1.807) is 18.3 Å². The van der Waals surface area contributed by atoms with Crippen LogP contribution >= 0.6 is 11.6 Å². The van der Waals surface area contributed by atoms with E-state index in [1.165, 1.54) is 0 Å². The molecule has 0 amide bonds. The topological polar surface area (TPSA) is 49.6 Å². The van der Waals surface area contributed by atoms with Gasteiger partial charge in [-0.05, 0) is 20.0 Å². The predicted octanol–water partition coefficient (Wildman–Crippen LogP) is 1.84. The highest BCUT2D eigenvalue weighted by Gasteiger charge is 2.11. The number of rotatable bonds is 3. The minimum absolute atomic E-state index is 0.197. The van der Waals surface area contributed by atoms with Crippen LogP contribution in [0.2, 0.25) is 5.15 Å². The lowest BCUT2D eigenvalue weighted by Gasteiger charge is -2.08. The zero-order chi connectivity index (χ0) is 11.7. The van der Waals surface area contributed by atoms with E-state index in [2.05, 4.69) is 17.2 Å². The van der Waals surface area contributed by atoms with Crippen molar-refractivity contribution >= 4 is 17.1 Å². The van der Waals surface area contributed by atoms with Gasteiger partial charge in [0.25, 0.3) is 0 Å². The highest BCUT2D eigenvalue weighted by atomic mass is 35.5. The molecule has 4 nitrogen and oxygen atoms in total. The van der Waals surface area contributed by atoms with E-state index in [0.29, 0.717) is 11.2 Å². The molecule has 0 aromatic carbocycles. The van der Waals surface area contributed by atoms with Crippen LogP contribution in [-0.4, -0.2) is 27.6 Å². The number of imidazole rings is 1. The van der Waals surface area contributed by atoms with Crippen LogP contribution in [0.4, 0.5) is 0 Å². The molecule has 86 valence electrons. The molecule has 0 aliphatic heterocycles. The second-order valence-electron chi connectivity index (χ2n) is 3.85. The van der Waals surface area contributed by atoms with Crippen LogP contribution in [0, 0.1) is 0 Å². The fourth-order valence-electron chi connectivity index (χ4n) is 1.62. The maximum atomic E-state index is 9.38. The van der Waals surface area contributed by atoms with Crippen molar-refractivity contribution in [2.75, 3.05) is 7.05 Å². The Kier molecular flexibility index (Phi) is 3.03. The van der Waals surface area contributed by atoms with Crippen molar-refractivity contribution in [2.45, 2.75) is 19.4 Å². The van der Waals surface area contributed by atoms with Gasteiger partial charge in [-0.15, -0.1) is 0 Å². The normalized spacial score (nSPS) is 13.2. The molecule has 0 saturated heterocycles. The van der Waals surface area contributed by atoms with Gasteiger partial charge < -0.3 is 14.8 Å². The Morgan fingerprint density at radius 1 is 1.62 bits per heavy atom. The number of hydrogen-bond donors (Lipinski definition) is 2. The third kappa shape index (κ3) is 1.99. The first-order valence-electron chi connectivity index (χ1n) is 5.14. The van der Waals surface area contributed by atoms with Gasteiger partial charge in [0, 0.05) is 24.7 Å². The summed E-state index contributed by atoms with van der Waals surface area (Å²) < 4.78 is 1.90. The van der Waals surface area contributed by atoms with Crippen molar-refractivity contribution in [3.63, 3.8) is 0 Å². The zero-order valence-electron chi connectivity index (χ0n) is 9.24. The molecule has 2 rings (SSSR count). The number of aromatic nitrogens is 2. The molecule has 2 heterocycles. The third-order valence-electron chi connectivity index (χ3n) is 2.64. The van der Waals surface area contributed by atoms with Gasteiger partial charge in [-0.2, -0.15) is 0 Å². The minimum Gasteiger partial charge on any atom is -0.508 e. The van der Waals surface area contributed by atoms with Crippen molar-refractivity contribution in [2.24, 2.45) is 0 Å². The second kappa shape index (κ2) is 4.31. The Morgan fingerprint density at radius 2 is 2.38 bits per heavy atom. The Balaban J connectivity index is 2.47. The molecular weight excluding hydrogens is 226 g/mol. The summed E-state index contributed by atoms with van der Waals surface area (Å²) in [6.45, 7) is 2.08. The van der Waals surface area contributed by atoms with Crippen molar-refractivity contribution in [1.82, 2.24) is 14.7 Å². The molecule has 2 N–H and O–H groups in total. The van der Waals surface area contributed by atoms with E-state index >= 15 is 0 Å². The lowest BCUT2D eigenvalue weighted by Crippen LogP contribution is -2.24. The summed E-state index contributed by atoms with van der Waals surface area (Å²) in [7, 11) is 1.91. The van der Waals surface area contributed by atoms with Crippen molar-refractivity contribution in [3.05, 3.63) is 29.3 Å². The van der Waals surface area contributed by atoms with Crippen molar-refractivity contribution in [3.8, 4) is 5.75 Å². The first-order valence-corrected chi connectivity index (χ1v) is 5.52. The molecule has 0 aliphatic rings. The smallest absolute Gasteiger partial charge is 0.155 e. The Hall–Kier alpha value is -1.26. The van der Waals surface area contributed by atoms with Gasteiger partial charge in [-0.1, -0.05) is 11.6 Å². The van der Waals surface area contributed by atoms with Gasteiger partial charge >= 0.3 is 0 Å². The fraction of sp³-hybridized carbons (Fsp3) is 0.364. The van der Waals surface area contributed by atoms with Crippen LogP contribution < -0.4 is 5.32 Å². The zero-order valence-corrected chi connectivity index (χ0v) is 9.99. The quantitative estimate of drug-likeness (QED) is 0.860. The van der Waals surface area contributed by atoms with Crippen molar-refractivity contribution < 1.29 is 5.11 Å². The van der Waals surface area contributed by atoms with Crippen LogP contribution in [-0.2, 0) is 6.42 Å². The first kappa shape index (κ1) is 11.2. The molecule has 0 aliphatic carbocycles. The summed E-state index contributed by atoms with van der Waals surface area (Å²) in [5.74, 6) is 1.09. The van der Waals surface area contributed by atoms with Gasteiger partial charge in [0.05, 0.1) is 5.52 Å². The largest absolute Gasteiger partial charge is 0.508 e. The highest BCUT2D eigenvalue weighted by molar-refractivity contribution is 6.32. The summed E-state index contributed by atoms with van der Waals surface area (Å²) in [4.78, 5) is 4.30. The summed E-state index contributed by atoms with van der Waals surface area (Å²) in [6, 6.07) is 3.57. The highest BCUT2D eigenvalue weighted by Crippen LogP contribution is 2.22. The Bertz CT molecular complexity index is 509. The standard InChI is InChI=1S/C11H14ClN3O/c1-7(13-2)5-10-14-11(12)9-6-8(16)3-4-15(9)10/h3-4,6-7,13,16H,5H2,1-2H3. The van der Waals surface area contributed by atoms with Crippen LogP contribution in [0.5, 0.6) is 5.75 Å². The number of pyridine rings is 1. The average Bonchev–Trinajstić information content (AvgIpc) is 2.55. The van der Waals surface area contributed by atoms with Gasteiger partial charge in [-0.25, -0.2) is 4.98 Å². The maximum Gasteiger partial charge on any atom is 0.155 e. The Labute approximate surface area is 98.9 Å². The van der Waals surface area contributed by atoms with Gasteiger partial charge in [0.1, 0.15) is 11.6 Å². The molecule has 0 bridgehead atoms. The molecule has 1 unspecified atom stereocenters. The van der Waals surface area contributed by atoms with Gasteiger partial charge in [0.2, 0.25) is 0 Å². The van der Waals surface area contributed by atoms with E-state index in [4.69, 9.17) is 11.6 Å². The molecule has 16 heavy (non-hydrogen) atoms. The molecule has 5 heteroatoms. The summed E-state index contributed by atoms with van der Waals surface area (Å²) in [5, 5.41) is 13.0. The number of nitrogens with one attached hydrogen (secondary N) is 1. The van der Waals surface area contributed by atoms with Crippen LogP contribution in [0.15, 0.2) is 18.3 Å². The first-order chi connectivity index (χ1) is 7.61. The molecule has 0 saturated carbocycles. The summed E-state index contributed by atoms with van der Waals surface area (Å²) >= 11 is 6.01. The summed E-state index contributed by atoms with van der Waals surface area (Å²) in [5.41, 5.74) is 0.736. The number of hydrogen-bond acceptors (Lipinski definition) is 3. The molecule has 0 radical (unpaired) electrons. The lowest BCUT2D eigenvalue weighted by molar-refractivity contribution is 0.475. The predicted molar refractivity (Wildman–Crippen MR) is 64.1 cm³/mol. The number of nitrogens with zero attached hydrogens (tertiary/aromatic N) is 2. The fourth-order valence-corrected chi connectivity index (χ4v) is 1.86. The van der Waals surface area contributed by atoms with Crippen LogP contribution in [0.1, 0.15) is 12.7 Å². The third-order valence-corrected chi connectivity index (χ3v) is 2.91. The Morgan fingerprint density at radius 3 is 3.06 bits per heavy atom. The van der Waals surface area contributed by atoms with E-state index in [1.807, 2.05) is 11.4 Å². The number of fused-ring (bicyclic) bond motifs is 1. The van der Waals surface area contributed by atoms with E-state index in [-0.39, 0.29) is 5.75 Å². The molecule has 2 aromatic rings. The van der Waals surface area contributed by atoms with E-state index in [9.17, 15) is 5.11 Å². The number of halogens is 1. The van der Waals surface area contributed by atoms with Gasteiger partial charge in [0.15, 0.2) is 5.15 Å². The summed E-state index contributed by atoms with van der Waals surface area (Å²) in [6.07, 6.45) is 2.57. The maximum absolute atomic E-state index is 9.38. The lowest BCUT2D eigenvalue weighted by atomic mass is 10.2. The van der Waals surface area contributed by atoms with Crippen LogP contribution in [0.3, 0.4) is 0 Å². The van der Waals surface area contributed by atoms with E-state index < -0.39 is 0 Å². The second-order valence-corrected chi connectivity index (χ2v) is 4.21. The molecule has 1 atom stereocenters. The van der Waals surface area contributed by atoms with Gasteiger partial charge in [-0.3, -0.25) is 0 Å². The molecule has 2 aromatic heterocycles. The number of aromatic hydroxyl groups is 1. The molecule has 0 fully saturated rings. The van der Waals surface area contributed by atoms with E-state index in [0.717, 1.165) is 17.8 Å². The van der Waals surface area contributed by atoms with Crippen LogP contribution in [0.25, 0.3) is 5.52 Å².